The first-order chi connectivity index (χ1) is 19.4. The van der Waals surface area contributed by atoms with Crippen LogP contribution in [0.15, 0.2) is 102 Å². The van der Waals surface area contributed by atoms with E-state index in [1.54, 1.807) is 35.2 Å². The monoisotopic (exact) mass is 559 g/mol. The molecule has 1 fully saturated rings. The molecule has 0 aliphatic carbocycles. The van der Waals surface area contributed by atoms with Crippen LogP contribution in [0.4, 0.5) is 0 Å². The molecule has 0 bridgehead atoms. The number of nitrogens with zero attached hydrogens (tertiary/aromatic N) is 2. The van der Waals surface area contributed by atoms with Crippen LogP contribution in [-0.2, 0) is 39.0 Å². The Morgan fingerprint density at radius 3 is 2.08 bits per heavy atom. The van der Waals surface area contributed by atoms with Crippen LogP contribution in [-0.4, -0.2) is 55.1 Å². The molecular weight excluding hydrogens is 522 g/mol. The first-order valence-electron chi connectivity index (χ1n) is 13.7. The molecule has 1 aliphatic heterocycles. The van der Waals surface area contributed by atoms with Crippen LogP contribution < -0.4 is 5.32 Å². The molecule has 2 amide bonds. The van der Waals surface area contributed by atoms with E-state index < -0.39 is 16.1 Å². The van der Waals surface area contributed by atoms with E-state index in [1.807, 2.05) is 60.7 Å². The maximum atomic E-state index is 13.8. The van der Waals surface area contributed by atoms with Gasteiger partial charge in [0, 0.05) is 39.0 Å². The smallest absolute Gasteiger partial charge is 0.243 e. The fourth-order valence-electron chi connectivity index (χ4n) is 4.93. The molecule has 0 saturated carbocycles. The van der Waals surface area contributed by atoms with Gasteiger partial charge in [-0.3, -0.25) is 9.59 Å². The zero-order chi connectivity index (χ0) is 28.4. The maximum Gasteiger partial charge on any atom is 0.243 e. The third-order valence-corrected chi connectivity index (χ3v) is 9.05. The van der Waals surface area contributed by atoms with Gasteiger partial charge < -0.3 is 10.2 Å². The number of benzene rings is 3. The van der Waals surface area contributed by atoms with Crippen LogP contribution in [0.25, 0.3) is 0 Å². The van der Waals surface area contributed by atoms with Gasteiger partial charge in [-0.1, -0.05) is 78.9 Å². The Kier molecular flexibility index (Phi) is 10.3. The Balaban J connectivity index is 1.53. The molecule has 1 atom stereocenters. The minimum absolute atomic E-state index is 0.146. The molecule has 8 heteroatoms. The van der Waals surface area contributed by atoms with Crippen molar-refractivity contribution in [2.24, 2.45) is 0 Å². The zero-order valence-corrected chi connectivity index (χ0v) is 23.6. The zero-order valence-electron chi connectivity index (χ0n) is 22.7. The highest BCUT2D eigenvalue weighted by Crippen LogP contribution is 2.22. The summed E-state index contributed by atoms with van der Waals surface area (Å²) in [6, 6.07) is 25.4. The third-order valence-electron chi connectivity index (χ3n) is 7.14. The number of hydrogen-bond acceptors (Lipinski definition) is 4. The molecule has 1 aliphatic rings. The summed E-state index contributed by atoms with van der Waals surface area (Å²) in [5.41, 5.74) is 2.76. The van der Waals surface area contributed by atoms with Gasteiger partial charge in [-0.25, -0.2) is 8.42 Å². The lowest BCUT2D eigenvalue weighted by Crippen LogP contribution is -2.50. The maximum absolute atomic E-state index is 13.8. The molecule has 0 aromatic heterocycles. The number of amides is 2. The molecule has 4 rings (SSSR count). The number of rotatable bonds is 13. The Morgan fingerprint density at radius 1 is 0.875 bits per heavy atom. The van der Waals surface area contributed by atoms with Crippen LogP contribution in [0, 0.1) is 0 Å². The molecular formula is C32H37N3O4S. The lowest BCUT2D eigenvalue weighted by molar-refractivity contribution is -0.141. The molecule has 3 aromatic carbocycles. The number of sulfonamides is 1. The summed E-state index contributed by atoms with van der Waals surface area (Å²) in [6.45, 7) is 5.41. The molecule has 3 aromatic rings. The molecule has 40 heavy (non-hydrogen) atoms. The minimum Gasteiger partial charge on any atom is -0.351 e. The van der Waals surface area contributed by atoms with Crippen LogP contribution in [0.1, 0.15) is 36.0 Å². The molecule has 1 saturated heterocycles. The Labute approximate surface area is 237 Å². The number of nitrogens with one attached hydrogen (secondary N) is 1. The number of hydrogen-bond donors (Lipinski definition) is 1. The average Bonchev–Trinajstić information content (AvgIpc) is 3.54. The van der Waals surface area contributed by atoms with Gasteiger partial charge in [0.25, 0.3) is 0 Å². The van der Waals surface area contributed by atoms with Crippen LogP contribution >= 0.6 is 0 Å². The molecule has 7 nitrogen and oxygen atoms in total. The summed E-state index contributed by atoms with van der Waals surface area (Å²) < 4.78 is 27.2. The Morgan fingerprint density at radius 2 is 1.48 bits per heavy atom. The summed E-state index contributed by atoms with van der Waals surface area (Å²) in [7, 11) is -3.49. The fraction of sp³-hybridized carbons (Fsp3) is 0.312. The van der Waals surface area contributed by atoms with Crippen LogP contribution in [0.3, 0.4) is 0 Å². The quantitative estimate of drug-likeness (QED) is 0.316. The van der Waals surface area contributed by atoms with Gasteiger partial charge >= 0.3 is 0 Å². The highest BCUT2D eigenvalue weighted by molar-refractivity contribution is 7.89. The average molecular weight is 560 g/mol. The van der Waals surface area contributed by atoms with Gasteiger partial charge in [0.15, 0.2) is 0 Å². The van der Waals surface area contributed by atoms with E-state index >= 15 is 0 Å². The third kappa shape index (κ3) is 7.67. The van der Waals surface area contributed by atoms with Gasteiger partial charge in [0.05, 0.1) is 4.90 Å². The molecule has 0 radical (unpaired) electrons. The van der Waals surface area contributed by atoms with E-state index in [2.05, 4.69) is 11.9 Å². The van der Waals surface area contributed by atoms with E-state index in [-0.39, 0.29) is 23.1 Å². The van der Waals surface area contributed by atoms with Crippen molar-refractivity contribution in [1.82, 2.24) is 14.5 Å². The Bertz CT molecular complexity index is 1370. The topological polar surface area (TPSA) is 86.8 Å². The second-order valence-electron chi connectivity index (χ2n) is 10.0. The summed E-state index contributed by atoms with van der Waals surface area (Å²) in [4.78, 5) is 29.0. The predicted octanol–water partition coefficient (Wildman–Crippen LogP) is 4.35. The molecule has 210 valence electrons. The summed E-state index contributed by atoms with van der Waals surface area (Å²) in [5, 5.41) is 2.88. The van der Waals surface area contributed by atoms with Crippen molar-refractivity contribution in [1.29, 1.82) is 0 Å². The Hall–Kier alpha value is -3.75. The van der Waals surface area contributed by atoms with Crippen molar-refractivity contribution in [2.45, 2.75) is 49.6 Å². The number of carbonyl (C=O) groups is 2. The van der Waals surface area contributed by atoms with E-state index in [4.69, 9.17) is 0 Å². The van der Waals surface area contributed by atoms with E-state index in [0.717, 1.165) is 29.5 Å². The second-order valence-corrected chi connectivity index (χ2v) is 11.9. The number of aryl methyl sites for hydroxylation is 1. The second kappa shape index (κ2) is 14.1. The summed E-state index contributed by atoms with van der Waals surface area (Å²) in [6.07, 6.45) is 4.39. The van der Waals surface area contributed by atoms with Gasteiger partial charge in [0.1, 0.15) is 6.04 Å². The van der Waals surface area contributed by atoms with Gasteiger partial charge in [0.2, 0.25) is 21.8 Å². The van der Waals surface area contributed by atoms with Crippen LogP contribution in [0.5, 0.6) is 0 Å². The number of carbonyl (C=O) groups excluding carboxylic acids is 2. The summed E-state index contributed by atoms with van der Waals surface area (Å²) in [5.74, 6) is -0.378. The molecule has 0 spiro atoms. The van der Waals surface area contributed by atoms with Gasteiger partial charge in [-0.2, -0.15) is 4.31 Å². The van der Waals surface area contributed by atoms with Gasteiger partial charge in [-0.05, 0) is 48.1 Å². The minimum atomic E-state index is -3.49. The van der Waals surface area contributed by atoms with Crippen molar-refractivity contribution in [3.05, 3.63) is 114 Å². The van der Waals surface area contributed by atoms with Crippen molar-refractivity contribution in [3.63, 3.8) is 0 Å². The van der Waals surface area contributed by atoms with E-state index in [1.165, 1.54) is 4.31 Å². The molecule has 1 N–H and O–H groups in total. The predicted molar refractivity (Wildman–Crippen MR) is 157 cm³/mol. The van der Waals surface area contributed by atoms with E-state index in [0.29, 0.717) is 39.0 Å². The highest BCUT2D eigenvalue weighted by Gasteiger charge is 2.30. The lowest BCUT2D eigenvalue weighted by Gasteiger charge is -2.31. The van der Waals surface area contributed by atoms with Crippen molar-refractivity contribution < 1.29 is 18.0 Å². The van der Waals surface area contributed by atoms with Crippen molar-refractivity contribution in [2.75, 3.05) is 19.6 Å². The molecule has 1 heterocycles. The van der Waals surface area contributed by atoms with Gasteiger partial charge in [-0.15, -0.1) is 6.58 Å². The normalized spacial score (nSPS) is 14.4. The first kappa shape index (κ1) is 29.2. The van der Waals surface area contributed by atoms with Crippen molar-refractivity contribution in [3.8, 4) is 0 Å². The standard InChI is InChI=1S/C32H37N3O4S/c1-2-21-33-32(37)30(24-27-11-5-3-6-12-27)35(25-28-13-7-4-8-14-28)31(36)20-17-26-15-18-29(19-16-26)40(38,39)34-22-9-10-23-34/h2-8,11-16,18-19,30H,1,9-10,17,20-25H2,(H,33,37)/t30-/m0/s1. The SMILES string of the molecule is C=CCNC(=O)[C@H](Cc1ccccc1)N(Cc1ccccc1)C(=O)CCc1ccc(S(=O)(=O)N2CCCC2)cc1. The largest absolute Gasteiger partial charge is 0.351 e. The first-order valence-corrected chi connectivity index (χ1v) is 15.2. The lowest BCUT2D eigenvalue weighted by atomic mass is 10.0. The van der Waals surface area contributed by atoms with Crippen LogP contribution in [0.2, 0.25) is 0 Å². The van der Waals surface area contributed by atoms with E-state index in [9.17, 15) is 18.0 Å². The molecule has 0 unspecified atom stereocenters. The highest BCUT2D eigenvalue weighted by atomic mass is 32.2. The fourth-order valence-corrected chi connectivity index (χ4v) is 6.44. The van der Waals surface area contributed by atoms with Crippen molar-refractivity contribution >= 4 is 21.8 Å². The summed E-state index contributed by atoms with van der Waals surface area (Å²) >= 11 is 0.